The van der Waals surface area contributed by atoms with E-state index in [4.69, 9.17) is 0 Å². The summed E-state index contributed by atoms with van der Waals surface area (Å²) >= 11 is 0. The molecule has 0 heterocycles. The molecule has 7 heteroatoms. The molecule has 0 aliphatic heterocycles. The van der Waals surface area contributed by atoms with Crippen LogP contribution >= 0.6 is 0 Å². The van der Waals surface area contributed by atoms with Crippen LogP contribution in [0.2, 0.25) is 0 Å². The molecule has 2 saturated carbocycles. The smallest absolute Gasteiger partial charge is 0.183 e. The lowest BCUT2D eigenvalue weighted by Crippen LogP contribution is -2.45. The Kier molecular flexibility index (Phi) is 5.37. The maximum Gasteiger partial charge on any atom is 0.183 e. The van der Waals surface area contributed by atoms with Gasteiger partial charge in [-0.3, -0.25) is 0 Å². The molecular formula is C31H27FO4S2. The monoisotopic (exact) mass is 546 g/mol. The fourth-order valence-electron chi connectivity index (χ4n) is 7.73. The molecule has 0 N–H and O–H groups in total. The third-order valence-corrected chi connectivity index (χ3v) is 13.7. The molecular weight excluding hydrogens is 519 g/mol. The number of allylic oxidation sites excluding steroid dienone is 3. The number of halogens is 1. The number of benzene rings is 3. The first-order chi connectivity index (χ1) is 18.3. The Labute approximate surface area is 222 Å². The lowest BCUT2D eigenvalue weighted by Gasteiger charge is -2.35. The van der Waals surface area contributed by atoms with Gasteiger partial charge in [-0.25, -0.2) is 21.2 Å². The Morgan fingerprint density at radius 1 is 0.632 bits per heavy atom. The molecule has 4 aliphatic rings. The molecule has 4 bridgehead atoms. The second-order valence-electron chi connectivity index (χ2n) is 10.9. The summed E-state index contributed by atoms with van der Waals surface area (Å²) in [6, 6.07) is 22.6. The van der Waals surface area contributed by atoms with Crippen molar-refractivity contribution in [1.29, 1.82) is 0 Å². The maximum atomic E-state index is 14.4. The minimum absolute atomic E-state index is 0.150. The van der Waals surface area contributed by atoms with E-state index in [2.05, 4.69) is 0 Å². The lowest BCUT2D eigenvalue weighted by molar-refractivity contribution is 0.494. The quantitative estimate of drug-likeness (QED) is 0.296. The summed E-state index contributed by atoms with van der Waals surface area (Å²) in [5.74, 6) is -0.742. The van der Waals surface area contributed by atoms with E-state index in [0.29, 0.717) is 11.8 Å². The van der Waals surface area contributed by atoms with E-state index in [9.17, 15) is 21.2 Å². The molecule has 7 rings (SSSR count). The molecule has 0 unspecified atom stereocenters. The van der Waals surface area contributed by atoms with Gasteiger partial charge in [0.05, 0.1) is 20.3 Å². The van der Waals surface area contributed by atoms with Gasteiger partial charge in [-0.15, -0.1) is 0 Å². The van der Waals surface area contributed by atoms with Gasteiger partial charge in [0.15, 0.2) is 19.7 Å². The molecule has 0 aromatic heterocycles. The average molecular weight is 547 g/mol. The molecule has 4 nitrogen and oxygen atoms in total. The molecule has 3 aromatic carbocycles. The van der Waals surface area contributed by atoms with E-state index in [0.717, 1.165) is 30.4 Å². The van der Waals surface area contributed by atoms with E-state index in [1.165, 1.54) is 23.3 Å². The van der Waals surface area contributed by atoms with E-state index >= 15 is 0 Å². The van der Waals surface area contributed by atoms with E-state index in [-0.39, 0.29) is 15.6 Å². The van der Waals surface area contributed by atoms with Crippen LogP contribution < -0.4 is 0 Å². The Hall–Kier alpha value is -3.03. The van der Waals surface area contributed by atoms with Gasteiger partial charge < -0.3 is 0 Å². The Morgan fingerprint density at radius 3 is 1.53 bits per heavy atom. The summed E-state index contributed by atoms with van der Waals surface area (Å²) < 4.78 is 71.2. The summed E-state index contributed by atoms with van der Waals surface area (Å²) in [5, 5.41) is -2.24. The zero-order valence-electron chi connectivity index (χ0n) is 20.6. The van der Waals surface area contributed by atoms with Crippen LogP contribution in [-0.4, -0.2) is 27.3 Å². The number of rotatable bonds is 5. The van der Waals surface area contributed by atoms with Crippen molar-refractivity contribution in [3.05, 3.63) is 113 Å². The normalized spacial score (nSPS) is 30.8. The van der Waals surface area contributed by atoms with Crippen LogP contribution in [0, 0.1) is 29.5 Å². The van der Waals surface area contributed by atoms with Crippen molar-refractivity contribution >= 4 is 25.8 Å². The van der Waals surface area contributed by atoms with Crippen LogP contribution in [0.15, 0.2) is 111 Å². The van der Waals surface area contributed by atoms with Gasteiger partial charge in [0.1, 0.15) is 5.82 Å². The van der Waals surface area contributed by atoms with Gasteiger partial charge in [-0.1, -0.05) is 71.3 Å². The summed E-state index contributed by atoms with van der Waals surface area (Å²) in [6.07, 6.45) is 4.95. The summed E-state index contributed by atoms with van der Waals surface area (Å²) in [4.78, 5) is 0.300. The third kappa shape index (κ3) is 3.37. The topological polar surface area (TPSA) is 68.3 Å². The van der Waals surface area contributed by atoms with Crippen molar-refractivity contribution in [3.8, 4) is 0 Å². The molecule has 38 heavy (non-hydrogen) atoms. The van der Waals surface area contributed by atoms with Gasteiger partial charge in [0.2, 0.25) is 0 Å². The second-order valence-corrected chi connectivity index (χ2v) is 15.1. The van der Waals surface area contributed by atoms with Crippen LogP contribution in [-0.2, 0) is 19.7 Å². The minimum atomic E-state index is -4.01. The number of fused-ring (bicyclic) bond motifs is 8. The van der Waals surface area contributed by atoms with Crippen molar-refractivity contribution in [2.45, 2.75) is 39.6 Å². The van der Waals surface area contributed by atoms with Crippen molar-refractivity contribution in [1.82, 2.24) is 0 Å². The largest absolute Gasteiger partial charge is 0.223 e. The Balaban J connectivity index is 1.49. The van der Waals surface area contributed by atoms with Crippen LogP contribution in [0.3, 0.4) is 0 Å². The molecule has 6 atom stereocenters. The lowest BCUT2D eigenvalue weighted by atomic mass is 9.82. The average Bonchev–Trinajstić information content (AvgIpc) is 3.70. The van der Waals surface area contributed by atoms with Crippen molar-refractivity contribution in [2.24, 2.45) is 23.7 Å². The first kappa shape index (κ1) is 24.0. The Bertz CT molecular complexity index is 1590. The van der Waals surface area contributed by atoms with Gasteiger partial charge in [0.25, 0.3) is 0 Å². The van der Waals surface area contributed by atoms with Crippen LogP contribution in [0.25, 0.3) is 6.08 Å². The molecule has 0 amide bonds. The number of hydrogen-bond acceptors (Lipinski definition) is 4. The summed E-state index contributed by atoms with van der Waals surface area (Å²) in [7, 11) is -8.02. The van der Waals surface area contributed by atoms with Gasteiger partial charge in [0, 0.05) is 11.8 Å². The molecule has 0 radical (unpaired) electrons. The second kappa shape index (κ2) is 8.48. The highest BCUT2D eigenvalue weighted by atomic mass is 32.2. The maximum absolute atomic E-state index is 14.4. The van der Waals surface area contributed by atoms with Crippen molar-refractivity contribution in [3.63, 3.8) is 0 Å². The molecule has 0 spiro atoms. The zero-order valence-corrected chi connectivity index (χ0v) is 22.2. The molecule has 3 aromatic rings. The van der Waals surface area contributed by atoms with E-state index in [1.54, 1.807) is 72.8 Å². The first-order valence-electron chi connectivity index (χ1n) is 13.1. The van der Waals surface area contributed by atoms with Crippen LogP contribution in [0.1, 0.15) is 24.8 Å². The highest BCUT2D eigenvalue weighted by Crippen LogP contribution is 2.68. The molecule has 4 aliphatic carbocycles. The fourth-order valence-corrected chi connectivity index (χ4v) is 12.7. The third-order valence-electron chi connectivity index (χ3n) is 9.08. The van der Waals surface area contributed by atoms with Crippen LogP contribution in [0.4, 0.5) is 4.39 Å². The van der Waals surface area contributed by atoms with Crippen molar-refractivity contribution in [2.75, 3.05) is 0 Å². The highest BCUT2D eigenvalue weighted by Gasteiger charge is 2.67. The minimum Gasteiger partial charge on any atom is -0.223 e. The molecule has 194 valence electrons. The first-order valence-corrected chi connectivity index (χ1v) is 16.2. The van der Waals surface area contributed by atoms with Gasteiger partial charge >= 0.3 is 0 Å². The highest BCUT2D eigenvalue weighted by molar-refractivity contribution is 7.96. The molecule has 2 fully saturated rings. The predicted molar refractivity (Wildman–Crippen MR) is 144 cm³/mol. The predicted octanol–water partition coefficient (Wildman–Crippen LogP) is 5.88. The van der Waals surface area contributed by atoms with Crippen LogP contribution in [0.5, 0.6) is 0 Å². The number of sulfone groups is 2. The van der Waals surface area contributed by atoms with Crippen molar-refractivity contribution < 1.29 is 21.2 Å². The summed E-state index contributed by atoms with van der Waals surface area (Å²) in [5.41, 5.74) is 3.94. The molecule has 0 saturated heterocycles. The number of hydrogen-bond donors (Lipinski definition) is 0. The SMILES string of the molecule is O=S(=O)(c1ccccc1)[C@@H]1[C@H]2C(=Cc3ccc(F)cc3)[C@@H](C3=C2[C@H]2CC[C@H]3C2)[C@@H]1S(=O)(=O)c1ccccc1. The van der Waals surface area contributed by atoms with E-state index in [1.807, 2.05) is 6.08 Å². The van der Waals surface area contributed by atoms with Gasteiger partial charge in [-0.05, 0) is 73.1 Å². The Morgan fingerprint density at radius 2 is 1.08 bits per heavy atom. The fraction of sp³-hybridized carbons (Fsp3) is 0.290. The zero-order chi connectivity index (χ0) is 26.2. The standard InChI is InChI=1S/C31H27FO4S2/c32-22-15-11-19(12-16-22)17-25-28-26-20-13-14-21(18-20)27(26)29(25)31(38(35,36)24-9-5-2-6-10-24)30(28)37(33,34)23-7-3-1-4-8-23/h1-12,15-17,20-21,28-31H,13-14,18H2/t20-,21-,28-,29-,30-,31+/m0/s1. The van der Waals surface area contributed by atoms with Gasteiger partial charge in [-0.2, -0.15) is 0 Å². The summed E-state index contributed by atoms with van der Waals surface area (Å²) in [6.45, 7) is 0. The van der Waals surface area contributed by atoms with E-state index < -0.39 is 42.0 Å².